The molecule has 0 radical (unpaired) electrons. The number of aromatic nitrogens is 2. The normalized spacial score (nSPS) is 21.0. The lowest BCUT2D eigenvalue weighted by Gasteiger charge is -2.38. The maximum atomic E-state index is 10.6. The first-order chi connectivity index (χ1) is 15.1. The largest absolute Gasteiger partial charge is 0.490 e. The van der Waals surface area contributed by atoms with Gasteiger partial charge in [-0.2, -0.15) is 0 Å². The molecule has 3 atom stereocenters. The first-order valence-electron chi connectivity index (χ1n) is 11.1. The average Bonchev–Trinajstić information content (AvgIpc) is 3.41. The lowest BCUT2D eigenvalue weighted by molar-refractivity contribution is 0.0406. The Morgan fingerprint density at radius 3 is 2.97 bits per heavy atom. The number of aliphatic hydroxyl groups excluding tert-OH is 1. The first kappa shape index (κ1) is 20.5. The Bertz CT molecular complexity index is 1180. The van der Waals surface area contributed by atoms with Gasteiger partial charge in [0.1, 0.15) is 18.5 Å². The summed E-state index contributed by atoms with van der Waals surface area (Å²) in [6.07, 6.45) is 3.56. The monoisotopic (exact) mass is 435 g/mol. The van der Waals surface area contributed by atoms with Crippen molar-refractivity contribution in [1.29, 1.82) is 0 Å². The van der Waals surface area contributed by atoms with Crippen molar-refractivity contribution in [3.63, 3.8) is 0 Å². The number of likely N-dealkylation sites (tertiary alicyclic amines) is 1. The minimum absolute atomic E-state index is 0.300. The number of hydrogen-bond acceptors (Lipinski definition) is 5. The molecular formula is C25H29N3O2S. The number of hydrogen-bond donors (Lipinski definition) is 2. The van der Waals surface area contributed by atoms with Crippen molar-refractivity contribution in [2.75, 3.05) is 19.7 Å². The summed E-state index contributed by atoms with van der Waals surface area (Å²) < 4.78 is 7.23. The van der Waals surface area contributed by atoms with E-state index in [1.54, 1.807) is 0 Å². The number of fused-ring (bicyclic) bond motifs is 2. The molecule has 5 rings (SSSR count). The number of ether oxygens (including phenoxy) is 1. The molecule has 0 aliphatic carbocycles. The molecule has 1 fully saturated rings. The molecule has 3 heterocycles. The minimum Gasteiger partial charge on any atom is -0.490 e. The van der Waals surface area contributed by atoms with Crippen LogP contribution < -0.4 is 4.74 Å². The van der Waals surface area contributed by atoms with Crippen LogP contribution in [0.15, 0.2) is 48.7 Å². The number of thiazole rings is 1. The molecule has 162 valence electrons. The van der Waals surface area contributed by atoms with Crippen LogP contribution in [0.3, 0.4) is 0 Å². The fourth-order valence-corrected chi connectivity index (χ4v) is 5.88. The van der Waals surface area contributed by atoms with Gasteiger partial charge >= 0.3 is 0 Å². The molecule has 31 heavy (non-hydrogen) atoms. The molecule has 5 nitrogen and oxygen atoms in total. The van der Waals surface area contributed by atoms with Gasteiger partial charge in [-0.05, 0) is 63.1 Å². The molecule has 1 aliphatic rings. The Balaban J connectivity index is 1.18. The van der Waals surface area contributed by atoms with E-state index in [-0.39, 0.29) is 0 Å². The predicted octanol–water partition coefficient (Wildman–Crippen LogP) is 5.09. The summed E-state index contributed by atoms with van der Waals surface area (Å²) in [5, 5.41) is 12.9. The summed E-state index contributed by atoms with van der Waals surface area (Å²) in [6, 6.07) is 14.8. The standard InChI is InChI=1S/C25H29N3O2S/c1-16-5-3-8-23-24(16)27-25(31-23)18-10-12-28(17(2)13-18)14-19(29)15-30-22-7-4-6-21-20(22)9-11-26-21/h3-9,11,17-19,26,29H,10,12-15H2,1-2H3/t17?,18?,19-/m0/s1. The number of rotatable bonds is 6. The van der Waals surface area contributed by atoms with Gasteiger partial charge in [-0.25, -0.2) is 4.98 Å². The maximum Gasteiger partial charge on any atom is 0.128 e. The molecule has 2 N–H and O–H groups in total. The zero-order valence-corrected chi connectivity index (χ0v) is 18.9. The van der Waals surface area contributed by atoms with Crippen LogP contribution in [0.25, 0.3) is 21.1 Å². The van der Waals surface area contributed by atoms with Gasteiger partial charge < -0.3 is 14.8 Å². The highest BCUT2D eigenvalue weighted by Crippen LogP contribution is 2.36. The van der Waals surface area contributed by atoms with Crippen molar-refractivity contribution in [2.24, 2.45) is 0 Å². The second-order valence-electron chi connectivity index (χ2n) is 8.70. The van der Waals surface area contributed by atoms with Crippen molar-refractivity contribution in [3.8, 4) is 5.75 Å². The molecule has 0 saturated carbocycles. The number of aliphatic hydroxyl groups is 1. The van der Waals surface area contributed by atoms with E-state index in [2.05, 4.69) is 41.9 Å². The van der Waals surface area contributed by atoms with Crippen LogP contribution in [0.1, 0.15) is 36.3 Å². The van der Waals surface area contributed by atoms with Crippen LogP contribution in [0.2, 0.25) is 0 Å². The zero-order chi connectivity index (χ0) is 21.4. The lowest BCUT2D eigenvalue weighted by atomic mass is 9.92. The van der Waals surface area contributed by atoms with Gasteiger partial charge in [0.2, 0.25) is 0 Å². The van der Waals surface area contributed by atoms with Gasteiger partial charge in [0, 0.05) is 35.6 Å². The summed E-state index contributed by atoms with van der Waals surface area (Å²) >= 11 is 1.84. The minimum atomic E-state index is -0.515. The topological polar surface area (TPSA) is 61.4 Å². The van der Waals surface area contributed by atoms with Gasteiger partial charge in [0.05, 0.1) is 15.2 Å². The van der Waals surface area contributed by atoms with Crippen LogP contribution in [0.5, 0.6) is 5.75 Å². The first-order valence-corrected chi connectivity index (χ1v) is 11.9. The van der Waals surface area contributed by atoms with Gasteiger partial charge in [-0.3, -0.25) is 4.90 Å². The Hall–Kier alpha value is -2.41. The molecular weight excluding hydrogens is 406 g/mol. The quantitative estimate of drug-likeness (QED) is 0.443. The Kier molecular flexibility index (Phi) is 5.69. The third kappa shape index (κ3) is 4.20. The summed E-state index contributed by atoms with van der Waals surface area (Å²) in [5.74, 6) is 1.32. The van der Waals surface area contributed by atoms with Gasteiger partial charge in [0.15, 0.2) is 0 Å². The molecule has 1 saturated heterocycles. The Labute approximate surface area is 186 Å². The number of para-hydroxylation sites is 1. The highest BCUT2D eigenvalue weighted by Gasteiger charge is 2.29. The van der Waals surface area contributed by atoms with Crippen molar-refractivity contribution in [1.82, 2.24) is 14.9 Å². The van der Waals surface area contributed by atoms with Gasteiger partial charge in [0.25, 0.3) is 0 Å². The molecule has 1 aliphatic heterocycles. The number of β-amino-alcohol motifs (C(OH)–C–C–N with tert-alkyl or cyclic N) is 1. The van der Waals surface area contributed by atoms with Gasteiger partial charge in [-0.1, -0.05) is 18.2 Å². The molecule has 2 unspecified atom stereocenters. The average molecular weight is 436 g/mol. The van der Waals surface area contributed by atoms with E-state index in [1.807, 2.05) is 41.8 Å². The number of aryl methyl sites for hydroxylation is 1. The van der Waals surface area contributed by atoms with Crippen LogP contribution in [0, 0.1) is 6.92 Å². The van der Waals surface area contributed by atoms with E-state index >= 15 is 0 Å². The van der Waals surface area contributed by atoms with Crippen LogP contribution in [-0.4, -0.2) is 51.8 Å². The van der Waals surface area contributed by atoms with E-state index < -0.39 is 6.10 Å². The number of benzene rings is 2. The number of H-pyrrole nitrogens is 1. The number of aromatic amines is 1. The molecule has 0 bridgehead atoms. The van der Waals surface area contributed by atoms with Gasteiger partial charge in [-0.15, -0.1) is 11.3 Å². The SMILES string of the molecule is Cc1cccc2sc(C3CCN(C[C@H](O)COc4cccc5[nH]ccc45)C(C)C3)nc12. The Morgan fingerprint density at radius 2 is 2.13 bits per heavy atom. The molecule has 2 aromatic heterocycles. The van der Waals surface area contributed by atoms with Crippen LogP contribution >= 0.6 is 11.3 Å². The highest BCUT2D eigenvalue weighted by atomic mass is 32.1. The van der Waals surface area contributed by atoms with E-state index in [1.165, 1.54) is 15.3 Å². The third-order valence-electron chi connectivity index (χ3n) is 6.43. The van der Waals surface area contributed by atoms with Crippen molar-refractivity contribution < 1.29 is 9.84 Å². The molecule has 2 aromatic carbocycles. The summed E-state index contributed by atoms with van der Waals surface area (Å²) in [5.41, 5.74) is 3.46. The van der Waals surface area contributed by atoms with Crippen LogP contribution in [-0.2, 0) is 0 Å². The van der Waals surface area contributed by atoms with E-state index in [9.17, 15) is 5.11 Å². The zero-order valence-electron chi connectivity index (χ0n) is 18.0. The number of nitrogens with one attached hydrogen (secondary N) is 1. The number of nitrogens with zero attached hydrogens (tertiary/aromatic N) is 2. The van der Waals surface area contributed by atoms with E-state index in [0.29, 0.717) is 25.1 Å². The highest BCUT2D eigenvalue weighted by molar-refractivity contribution is 7.18. The molecule has 0 spiro atoms. The fraction of sp³-hybridized carbons (Fsp3) is 0.400. The third-order valence-corrected chi connectivity index (χ3v) is 7.61. The molecule has 4 aromatic rings. The molecule has 6 heteroatoms. The lowest BCUT2D eigenvalue weighted by Crippen LogP contribution is -2.45. The fourth-order valence-electron chi connectivity index (χ4n) is 4.69. The smallest absolute Gasteiger partial charge is 0.128 e. The van der Waals surface area contributed by atoms with Crippen molar-refractivity contribution in [2.45, 2.75) is 44.8 Å². The summed E-state index contributed by atoms with van der Waals surface area (Å²) in [4.78, 5) is 10.5. The predicted molar refractivity (Wildman–Crippen MR) is 127 cm³/mol. The molecule has 0 amide bonds. The van der Waals surface area contributed by atoms with Crippen molar-refractivity contribution in [3.05, 3.63) is 59.2 Å². The summed E-state index contributed by atoms with van der Waals surface area (Å²) in [6.45, 7) is 6.31. The maximum absolute atomic E-state index is 10.6. The van der Waals surface area contributed by atoms with Crippen molar-refractivity contribution >= 4 is 32.5 Å². The number of piperidine rings is 1. The summed E-state index contributed by atoms with van der Waals surface area (Å²) in [7, 11) is 0. The van der Waals surface area contributed by atoms with E-state index in [0.717, 1.165) is 41.6 Å². The second kappa shape index (κ2) is 8.61. The van der Waals surface area contributed by atoms with Crippen LogP contribution in [0.4, 0.5) is 0 Å². The van der Waals surface area contributed by atoms with E-state index in [4.69, 9.17) is 9.72 Å². The second-order valence-corrected chi connectivity index (χ2v) is 9.76. The Morgan fingerprint density at radius 1 is 1.26 bits per heavy atom.